The van der Waals surface area contributed by atoms with Gasteiger partial charge in [0.2, 0.25) is 5.91 Å². The molecule has 24 heavy (non-hydrogen) atoms. The molecule has 2 unspecified atom stereocenters. The quantitative estimate of drug-likeness (QED) is 0.664. The fourth-order valence-corrected chi connectivity index (χ4v) is 3.25. The van der Waals surface area contributed by atoms with Crippen LogP contribution in [0.1, 0.15) is 39.3 Å². The van der Waals surface area contributed by atoms with E-state index in [1.807, 2.05) is 6.92 Å². The van der Waals surface area contributed by atoms with Gasteiger partial charge in [0, 0.05) is 25.5 Å². The smallest absolute Gasteiger partial charge is 0.335 e. The summed E-state index contributed by atoms with van der Waals surface area (Å²) in [6, 6.07) is 0. The molecule has 1 aliphatic heterocycles. The highest BCUT2D eigenvalue weighted by Gasteiger charge is 2.21. The number of hydrogen-bond donors (Lipinski definition) is 0. The van der Waals surface area contributed by atoms with Gasteiger partial charge in [0.05, 0.1) is 18.4 Å². The molecule has 2 rings (SSSR count). The summed E-state index contributed by atoms with van der Waals surface area (Å²) in [5.74, 6) is -0.493. The summed E-state index contributed by atoms with van der Waals surface area (Å²) in [6.45, 7) is 6.83. The lowest BCUT2D eigenvalue weighted by molar-refractivity contribution is -0.159. The van der Waals surface area contributed by atoms with Crippen LogP contribution < -0.4 is 4.90 Å². The fraction of sp³-hybridized carbons (Fsp3) is 0.688. The van der Waals surface area contributed by atoms with Crippen LogP contribution in [0.4, 0.5) is 5.13 Å². The maximum atomic E-state index is 11.9. The van der Waals surface area contributed by atoms with E-state index in [-0.39, 0.29) is 18.6 Å². The van der Waals surface area contributed by atoms with Crippen molar-refractivity contribution in [3.8, 4) is 0 Å². The predicted octanol–water partition coefficient (Wildman–Crippen LogP) is 2.14. The van der Waals surface area contributed by atoms with Crippen molar-refractivity contribution < 1.29 is 23.8 Å². The molecule has 134 valence electrons. The summed E-state index contributed by atoms with van der Waals surface area (Å²) in [6.07, 6.45) is 1.44. The molecule has 0 N–H and O–H groups in total. The Hall–Kier alpha value is -1.51. The number of rotatable bonds is 8. The van der Waals surface area contributed by atoms with Crippen molar-refractivity contribution in [1.29, 1.82) is 0 Å². The molecule has 1 saturated heterocycles. The van der Waals surface area contributed by atoms with E-state index in [2.05, 4.69) is 4.98 Å². The van der Waals surface area contributed by atoms with Gasteiger partial charge in [-0.3, -0.25) is 9.69 Å². The number of anilines is 1. The number of esters is 1. The minimum absolute atomic E-state index is 0.0634. The third kappa shape index (κ3) is 5.25. The molecule has 0 saturated carbocycles. The number of nitrogens with zero attached hydrogens (tertiary/aromatic N) is 2. The molecule has 0 bridgehead atoms. The Labute approximate surface area is 145 Å². The van der Waals surface area contributed by atoms with Crippen molar-refractivity contribution in [3.05, 3.63) is 11.1 Å². The maximum absolute atomic E-state index is 11.9. The van der Waals surface area contributed by atoms with Gasteiger partial charge < -0.3 is 14.2 Å². The third-order valence-electron chi connectivity index (χ3n) is 3.72. The molecule has 0 aromatic carbocycles. The number of amides is 1. The Kier molecular flexibility index (Phi) is 7.14. The number of carbonyl (C=O) groups excluding carboxylic acids is 2. The average Bonchev–Trinajstić information content (AvgIpc) is 3.22. The first-order chi connectivity index (χ1) is 11.5. The summed E-state index contributed by atoms with van der Waals surface area (Å²) >= 11 is 1.35. The summed E-state index contributed by atoms with van der Waals surface area (Å²) < 4.78 is 16.2. The second-order valence-corrected chi connectivity index (χ2v) is 6.44. The molecule has 7 nitrogen and oxygen atoms in total. The van der Waals surface area contributed by atoms with E-state index in [0.29, 0.717) is 24.0 Å². The Morgan fingerprint density at radius 1 is 1.54 bits per heavy atom. The topological polar surface area (TPSA) is 78.0 Å². The van der Waals surface area contributed by atoms with E-state index in [0.717, 1.165) is 19.4 Å². The van der Waals surface area contributed by atoms with E-state index >= 15 is 0 Å². The van der Waals surface area contributed by atoms with Crippen LogP contribution in [-0.4, -0.2) is 48.8 Å². The average molecular weight is 356 g/mol. The molecule has 8 heteroatoms. The monoisotopic (exact) mass is 356 g/mol. The van der Waals surface area contributed by atoms with Crippen LogP contribution in [-0.2, 0) is 30.4 Å². The molecule has 1 amide bonds. The normalized spacial score (nSPS) is 18.4. The van der Waals surface area contributed by atoms with Gasteiger partial charge in [-0.15, -0.1) is 11.3 Å². The molecule has 2 atom stereocenters. The van der Waals surface area contributed by atoms with E-state index in [1.54, 1.807) is 17.2 Å². The maximum Gasteiger partial charge on any atom is 0.335 e. The summed E-state index contributed by atoms with van der Waals surface area (Å²) in [5, 5.41) is 2.39. The molecular formula is C16H24N2O5S. The highest BCUT2D eigenvalue weighted by atomic mass is 32.1. The number of ether oxygens (including phenoxy) is 3. The second kappa shape index (κ2) is 9.10. The van der Waals surface area contributed by atoms with Crippen LogP contribution in [0.25, 0.3) is 0 Å². The Bertz CT molecular complexity index is 556. The van der Waals surface area contributed by atoms with Gasteiger partial charge in [0.25, 0.3) is 0 Å². The number of aromatic nitrogens is 1. The van der Waals surface area contributed by atoms with Gasteiger partial charge in [0.15, 0.2) is 11.2 Å². The van der Waals surface area contributed by atoms with Crippen molar-refractivity contribution >= 4 is 28.3 Å². The number of thiazole rings is 1. The minimum atomic E-state index is -0.642. The van der Waals surface area contributed by atoms with Crippen molar-refractivity contribution in [2.75, 3.05) is 24.7 Å². The van der Waals surface area contributed by atoms with Crippen LogP contribution in [0, 0.1) is 0 Å². The van der Waals surface area contributed by atoms with E-state index < -0.39 is 12.1 Å². The highest BCUT2D eigenvalue weighted by molar-refractivity contribution is 7.14. The van der Waals surface area contributed by atoms with Crippen molar-refractivity contribution in [2.24, 2.45) is 0 Å². The molecule has 1 aromatic heterocycles. The lowest BCUT2D eigenvalue weighted by Gasteiger charge is -2.15. The van der Waals surface area contributed by atoms with Gasteiger partial charge in [-0.2, -0.15) is 0 Å². The first kappa shape index (κ1) is 18.8. The van der Waals surface area contributed by atoms with Gasteiger partial charge in [-0.25, -0.2) is 9.78 Å². The Morgan fingerprint density at radius 2 is 2.33 bits per heavy atom. The zero-order valence-electron chi connectivity index (χ0n) is 14.3. The van der Waals surface area contributed by atoms with Gasteiger partial charge >= 0.3 is 5.97 Å². The molecule has 0 radical (unpaired) electrons. The van der Waals surface area contributed by atoms with Crippen molar-refractivity contribution in [1.82, 2.24) is 4.98 Å². The predicted molar refractivity (Wildman–Crippen MR) is 90.0 cm³/mol. The molecule has 1 fully saturated rings. The lowest BCUT2D eigenvalue weighted by Crippen LogP contribution is -2.28. The van der Waals surface area contributed by atoms with E-state index in [4.69, 9.17) is 14.2 Å². The van der Waals surface area contributed by atoms with Gasteiger partial charge in [-0.1, -0.05) is 0 Å². The summed E-state index contributed by atoms with van der Waals surface area (Å²) in [5.41, 5.74) is 0.620. The zero-order chi connectivity index (χ0) is 17.5. The van der Waals surface area contributed by atoms with Crippen LogP contribution in [0.2, 0.25) is 0 Å². The van der Waals surface area contributed by atoms with E-state index in [1.165, 1.54) is 18.3 Å². The zero-order valence-corrected chi connectivity index (χ0v) is 15.1. The first-order valence-corrected chi connectivity index (χ1v) is 9.01. The van der Waals surface area contributed by atoms with Crippen LogP contribution >= 0.6 is 11.3 Å². The van der Waals surface area contributed by atoms with Crippen LogP contribution in [0.5, 0.6) is 0 Å². The number of hydrogen-bond acceptors (Lipinski definition) is 7. The minimum Gasteiger partial charge on any atom is -0.457 e. The molecule has 1 aliphatic rings. The molecule has 1 aromatic rings. The number of carbonyl (C=O) groups is 2. The lowest BCUT2D eigenvalue weighted by atomic mass is 10.2. The van der Waals surface area contributed by atoms with Crippen LogP contribution in [0.15, 0.2) is 5.38 Å². The molecule has 0 spiro atoms. The van der Waals surface area contributed by atoms with Gasteiger partial charge in [0.1, 0.15) is 6.61 Å². The fourth-order valence-electron chi connectivity index (χ4n) is 2.34. The Morgan fingerprint density at radius 3 is 2.96 bits per heavy atom. The molecule has 2 heterocycles. The highest BCUT2D eigenvalue weighted by Crippen LogP contribution is 2.21. The standard InChI is InChI=1S/C16H24N2O5S/c1-4-18(12(3)19)16-17-13(10-24-16)8-23-15(20)11(2)22-9-14-6-5-7-21-14/h10-11,14H,4-9H2,1-3H3. The summed E-state index contributed by atoms with van der Waals surface area (Å²) in [4.78, 5) is 29.4. The van der Waals surface area contributed by atoms with E-state index in [9.17, 15) is 9.59 Å². The SMILES string of the molecule is CCN(C(C)=O)c1nc(COC(=O)C(C)OCC2CCCO2)cs1. The second-order valence-electron chi connectivity index (χ2n) is 5.60. The molecular weight excluding hydrogens is 332 g/mol. The Balaban J connectivity index is 1.76. The van der Waals surface area contributed by atoms with Crippen molar-refractivity contribution in [3.63, 3.8) is 0 Å². The van der Waals surface area contributed by atoms with Gasteiger partial charge in [-0.05, 0) is 26.7 Å². The van der Waals surface area contributed by atoms with Crippen molar-refractivity contribution in [2.45, 2.75) is 52.4 Å². The summed E-state index contributed by atoms with van der Waals surface area (Å²) in [7, 11) is 0. The first-order valence-electron chi connectivity index (χ1n) is 8.13. The third-order valence-corrected chi connectivity index (χ3v) is 4.63. The van der Waals surface area contributed by atoms with Crippen LogP contribution in [0.3, 0.4) is 0 Å². The largest absolute Gasteiger partial charge is 0.457 e. The molecule has 0 aliphatic carbocycles.